The molecular weight excluding hydrogens is 306 g/mol. The molecular formula is C17H23N5O2. The van der Waals surface area contributed by atoms with Crippen LogP contribution in [0.4, 0.5) is 10.6 Å². The molecule has 3 rings (SSSR count). The Bertz CT molecular complexity index is 784. The first-order valence-electron chi connectivity index (χ1n) is 8.11. The molecule has 0 aromatic carbocycles. The lowest BCUT2D eigenvalue weighted by Gasteiger charge is -2.24. The maximum atomic E-state index is 12.2. The highest BCUT2D eigenvalue weighted by Crippen LogP contribution is 2.28. The quantitative estimate of drug-likeness (QED) is 0.864. The van der Waals surface area contributed by atoms with Crippen molar-refractivity contribution in [3.63, 3.8) is 0 Å². The van der Waals surface area contributed by atoms with Crippen molar-refractivity contribution in [2.45, 2.75) is 45.6 Å². The van der Waals surface area contributed by atoms with Crippen LogP contribution in [0.15, 0.2) is 12.1 Å². The number of carbonyl (C=O) groups excluding carboxylic acids is 1. The molecule has 24 heavy (non-hydrogen) atoms. The second kappa shape index (κ2) is 5.89. The third-order valence-corrected chi connectivity index (χ3v) is 3.98. The van der Waals surface area contributed by atoms with Crippen LogP contribution >= 0.6 is 0 Å². The Labute approximate surface area is 141 Å². The maximum Gasteiger partial charge on any atom is 0.410 e. The van der Waals surface area contributed by atoms with E-state index in [1.54, 1.807) is 11.8 Å². The number of aromatic nitrogens is 3. The van der Waals surface area contributed by atoms with E-state index >= 15 is 0 Å². The van der Waals surface area contributed by atoms with Crippen LogP contribution in [-0.2, 0) is 4.74 Å². The van der Waals surface area contributed by atoms with Gasteiger partial charge in [0.2, 0.25) is 0 Å². The summed E-state index contributed by atoms with van der Waals surface area (Å²) in [5.74, 6) is 1.23. The summed E-state index contributed by atoms with van der Waals surface area (Å²) in [7, 11) is 0. The van der Waals surface area contributed by atoms with Crippen LogP contribution in [0.3, 0.4) is 0 Å². The molecule has 128 valence electrons. The van der Waals surface area contributed by atoms with E-state index in [1.165, 1.54) is 0 Å². The lowest BCUT2D eigenvalue weighted by molar-refractivity contribution is 0.0292. The Kier molecular flexibility index (Phi) is 4.03. The Hall–Kier alpha value is -2.44. The molecule has 2 aromatic rings. The van der Waals surface area contributed by atoms with Gasteiger partial charge in [0.1, 0.15) is 17.2 Å². The molecule has 0 radical (unpaired) electrons. The predicted octanol–water partition coefficient (Wildman–Crippen LogP) is 2.64. The molecule has 0 saturated carbocycles. The Morgan fingerprint density at radius 3 is 2.75 bits per heavy atom. The average molecular weight is 329 g/mol. The molecule has 0 spiro atoms. The smallest absolute Gasteiger partial charge is 0.410 e. The summed E-state index contributed by atoms with van der Waals surface area (Å²) in [5.41, 5.74) is 6.96. The highest BCUT2D eigenvalue weighted by atomic mass is 16.6. The van der Waals surface area contributed by atoms with Gasteiger partial charge in [0.15, 0.2) is 5.65 Å². The Morgan fingerprint density at radius 2 is 2.04 bits per heavy atom. The highest BCUT2D eigenvalue weighted by molar-refractivity contribution is 5.85. The van der Waals surface area contributed by atoms with E-state index in [0.29, 0.717) is 30.4 Å². The zero-order chi connectivity index (χ0) is 17.5. The third kappa shape index (κ3) is 3.39. The minimum absolute atomic E-state index is 0.179. The summed E-state index contributed by atoms with van der Waals surface area (Å²) < 4.78 is 5.44. The third-order valence-electron chi connectivity index (χ3n) is 3.98. The second-order valence-corrected chi connectivity index (χ2v) is 7.18. The lowest BCUT2D eigenvalue weighted by atomic mass is 10.0. The van der Waals surface area contributed by atoms with Gasteiger partial charge in [-0.05, 0) is 46.2 Å². The summed E-state index contributed by atoms with van der Waals surface area (Å²) in [6, 6.07) is 3.85. The number of anilines is 1. The molecule has 3 heterocycles. The van der Waals surface area contributed by atoms with Gasteiger partial charge in [0.05, 0.1) is 5.39 Å². The van der Waals surface area contributed by atoms with E-state index in [9.17, 15) is 4.79 Å². The summed E-state index contributed by atoms with van der Waals surface area (Å²) in [4.78, 5) is 27.1. The lowest BCUT2D eigenvalue weighted by Crippen LogP contribution is -2.35. The van der Waals surface area contributed by atoms with Crippen molar-refractivity contribution in [1.82, 2.24) is 19.9 Å². The van der Waals surface area contributed by atoms with Crippen LogP contribution < -0.4 is 5.73 Å². The SMILES string of the molecule is Cc1nc(N)c2ccc([C@@H]3CCN(C(=O)OC(C)(C)C)C3)nc2n1. The minimum atomic E-state index is -0.484. The van der Waals surface area contributed by atoms with E-state index in [1.807, 2.05) is 32.9 Å². The minimum Gasteiger partial charge on any atom is -0.444 e. The summed E-state index contributed by atoms with van der Waals surface area (Å²) in [5, 5.41) is 0.756. The number of aryl methyl sites for hydroxylation is 1. The second-order valence-electron chi connectivity index (χ2n) is 7.18. The topological polar surface area (TPSA) is 94.2 Å². The van der Waals surface area contributed by atoms with Crippen molar-refractivity contribution in [3.8, 4) is 0 Å². The van der Waals surface area contributed by atoms with Crippen molar-refractivity contribution >= 4 is 22.9 Å². The molecule has 1 amide bonds. The van der Waals surface area contributed by atoms with E-state index in [4.69, 9.17) is 10.5 Å². The van der Waals surface area contributed by atoms with Gasteiger partial charge in [-0.25, -0.2) is 19.7 Å². The molecule has 1 atom stereocenters. The van der Waals surface area contributed by atoms with Gasteiger partial charge in [0.25, 0.3) is 0 Å². The molecule has 1 aliphatic heterocycles. The Balaban J connectivity index is 1.78. The molecule has 1 fully saturated rings. The summed E-state index contributed by atoms with van der Waals surface area (Å²) in [6.07, 6.45) is 0.588. The first kappa shape index (κ1) is 16.4. The van der Waals surface area contributed by atoms with Gasteiger partial charge in [0, 0.05) is 24.7 Å². The van der Waals surface area contributed by atoms with Gasteiger partial charge in [-0.1, -0.05) is 0 Å². The van der Waals surface area contributed by atoms with Gasteiger partial charge in [-0.3, -0.25) is 0 Å². The number of fused-ring (bicyclic) bond motifs is 1. The average Bonchev–Trinajstić information content (AvgIpc) is 2.94. The van der Waals surface area contributed by atoms with Crippen LogP contribution in [0.25, 0.3) is 11.0 Å². The van der Waals surface area contributed by atoms with E-state index < -0.39 is 5.60 Å². The fraction of sp³-hybridized carbons (Fsp3) is 0.529. The molecule has 2 aromatic heterocycles. The number of nitrogen functional groups attached to an aromatic ring is 1. The summed E-state index contributed by atoms with van der Waals surface area (Å²) >= 11 is 0. The molecule has 7 nitrogen and oxygen atoms in total. The maximum absolute atomic E-state index is 12.2. The molecule has 7 heteroatoms. The first-order chi connectivity index (χ1) is 11.2. The van der Waals surface area contributed by atoms with Crippen molar-refractivity contribution < 1.29 is 9.53 Å². The number of pyridine rings is 1. The largest absolute Gasteiger partial charge is 0.444 e. The van der Waals surface area contributed by atoms with E-state index in [0.717, 1.165) is 17.5 Å². The van der Waals surface area contributed by atoms with Crippen molar-refractivity contribution in [2.75, 3.05) is 18.8 Å². The number of nitrogens with two attached hydrogens (primary N) is 1. The molecule has 0 unspecified atom stereocenters. The van der Waals surface area contributed by atoms with Crippen molar-refractivity contribution in [1.29, 1.82) is 0 Å². The first-order valence-corrected chi connectivity index (χ1v) is 8.11. The standard InChI is InChI=1S/C17H23N5O2/c1-10-19-14(18)12-5-6-13(21-15(12)20-10)11-7-8-22(9-11)16(23)24-17(2,3)4/h5-6,11H,7-9H2,1-4H3,(H2,18,19,20,21)/t11-/m1/s1. The predicted molar refractivity (Wildman–Crippen MR) is 91.6 cm³/mol. The Morgan fingerprint density at radius 1 is 1.29 bits per heavy atom. The monoisotopic (exact) mass is 329 g/mol. The van der Waals surface area contributed by atoms with E-state index in [2.05, 4.69) is 15.0 Å². The number of carbonyl (C=O) groups is 1. The van der Waals surface area contributed by atoms with Crippen LogP contribution in [0.5, 0.6) is 0 Å². The van der Waals surface area contributed by atoms with Gasteiger partial charge in [-0.15, -0.1) is 0 Å². The molecule has 1 aliphatic rings. The molecule has 2 N–H and O–H groups in total. The fourth-order valence-electron chi connectivity index (χ4n) is 2.88. The van der Waals surface area contributed by atoms with Gasteiger partial charge >= 0.3 is 6.09 Å². The molecule has 1 saturated heterocycles. The molecule has 0 bridgehead atoms. The molecule has 0 aliphatic carbocycles. The van der Waals surface area contributed by atoms with Crippen molar-refractivity contribution in [3.05, 3.63) is 23.7 Å². The van der Waals surface area contributed by atoms with Gasteiger partial charge < -0.3 is 15.4 Å². The fourth-order valence-corrected chi connectivity index (χ4v) is 2.88. The summed E-state index contributed by atoms with van der Waals surface area (Å²) in [6.45, 7) is 8.68. The van der Waals surface area contributed by atoms with Crippen LogP contribution in [0.1, 0.15) is 44.6 Å². The zero-order valence-electron chi connectivity index (χ0n) is 14.5. The number of hydrogen-bond donors (Lipinski definition) is 1. The number of hydrogen-bond acceptors (Lipinski definition) is 6. The number of likely N-dealkylation sites (tertiary alicyclic amines) is 1. The number of rotatable bonds is 1. The van der Waals surface area contributed by atoms with Crippen molar-refractivity contribution in [2.24, 2.45) is 0 Å². The number of nitrogens with zero attached hydrogens (tertiary/aromatic N) is 4. The van der Waals surface area contributed by atoms with E-state index in [-0.39, 0.29) is 12.0 Å². The number of ether oxygens (including phenoxy) is 1. The van der Waals surface area contributed by atoms with Crippen LogP contribution in [0.2, 0.25) is 0 Å². The highest BCUT2D eigenvalue weighted by Gasteiger charge is 2.31. The number of amides is 1. The zero-order valence-corrected chi connectivity index (χ0v) is 14.5. The normalized spacial score (nSPS) is 18.2. The van der Waals surface area contributed by atoms with Gasteiger partial charge in [-0.2, -0.15) is 0 Å². The van der Waals surface area contributed by atoms with Crippen LogP contribution in [-0.4, -0.2) is 44.6 Å². The van der Waals surface area contributed by atoms with Crippen LogP contribution in [0, 0.1) is 6.92 Å².